The number of anilines is 3. The summed E-state index contributed by atoms with van der Waals surface area (Å²) in [5.41, 5.74) is 7.89. The number of methoxy groups -OCH3 is 1. The SMILES string of the molecule is COc1cc(C(=O)N2CC[C@H](F)C2)ccc1Nc1nc(N)c(C#N)c(C2CC2)n1. The number of hydrogen-bond acceptors (Lipinski definition) is 7. The summed E-state index contributed by atoms with van der Waals surface area (Å²) >= 11 is 0. The zero-order valence-electron chi connectivity index (χ0n) is 16.0. The number of ether oxygens (including phenoxy) is 1. The van der Waals surface area contributed by atoms with Crippen molar-refractivity contribution in [3.8, 4) is 11.8 Å². The van der Waals surface area contributed by atoms with Crippen LogP contribution >= 0.6 is 0 Å². The van der Waals surface area contributed by atoms with Crippen LogP contribution in [0, 0.1) is 11.3 Å². The second kappa shape index (κ2) is 7.54. The molecule has 150 valence electrons. The highest BCUT2D eigenvalue weighted by molar-refractivity contribution is 5.95. The number of nitrogens with two attached hydrogens (primary N) is 1. The van der Waals surface area contributed by atoms with Crippen LogP contribution in [-0.2, 0) is 0 Å². The van der Waals surface area contributed by atoms with E-state index in [1.54, 1.807) is 18.2 Å². The maximum atomic E-state index is 13.4. The molecule has 1 aromatic carbocycles. The third-order valence-corrected chi connectivity index (χ3v) is 5.15. The van der Waals surface area contributed by atoms with Gasteiger partial charge in [-0.2, -0.15) is 10.2 Å². The molecule has 29 heavy (non-hydrogen) atoms. The van der Waals surface area contributed by atoms with Gasteiger partial charge in [0.15, 0.2) is 0 Å². The number of nitrogen functional groups attached to an aromatic ring is 1. The summed E-state index contributed by atoms with van der Waals surface area (Å²) in [6.45, 7) is 0.522. The number of aromatic nitrogens is 2. The van der Waals surface area contributed by atoms with Gasteiger partial charge in [-0.25, -0.2) is 9.37 Å². The van der Waals surface area contributed by atoms with Crippen LogP contribution in [0.5, 0.6) is 5.75 Å². The lowest BCUT2D eigenvalue weighted by molar-refractivity contribution is 0.0782. The molecular weight excluding hydrogens is 375 g/mol. The fourth-order valence-corrected chi connectivity index (χ4v) is 3.45. The number of carbonyl (C=O) groups is 1. The molecule has 1 aliphatic heterocycles. The topological polar surface area (TPSA) is 117 Å². The van der Waals surface area contributed by atoms with E-state index in [0.29, 0.717) is 41.2 Å². The van der Waals surface area contributed by atoms with Crippen LogP contribution in [0.1, 0.15) is 46.8 Å². The summed E-state index contributed by atoms with van der Waals surface area (Å²) in [5, 5.41) is 12.4. The molecule has 4 rings (SSSR count). The molecule has 0 radical (unpaired) electrons. The van der Waals surface area contributed by atoms with Crippen molar-refractivity contribution in [2.75, 3.05) is 31.2 Å². The van der Waals surface area contributed by atoms with Crippen LogP contribution in [0.2, 0.25) is 0 Å². The van der Waals surface area contributed by atoms with E-state index in [1.807, 2.05) is 0 Å². The molecule has 1 saturated carbocycles. The molecule has 3 N–H and O–H groups in total. The lowest BCUT2D eigenvalue weighted by Crippen LogP contribution is -2.28. The number of alkyl halides is 1. The van der Waals surface area contributed by atoms with Gasteiger partial charge in [0.25, 0.3) is 5.91 Å². The van der Waals surface area contributed by atoms with Crippen molar-refractivity contribution in [2.24, 2.45) is 0 Å². The molecule has 1 atom stereocenters. The molecular formula is C20H21FN6O2. The standard InChI is InChI=1S/C20H21FN6O2/c1-29-16-8-12(19(28)27-7-6-13(21)10-27)4-5-15(16)24-20-25-17(11-2-3-11)14(9-22)18(23)26-20/h4-5,8,11,13H,2-3,6-7,10H2,1H3,(H3,23,24,25,26)/t13-/m0/s1. The van der Waals surface area contributed by atoms with Crippen molar-refractivity contribution in [1.29, 1.82) is 5.26 Å². The number of carbonyl (C=O) groups excluding carboxylic acids is 1. The molecule has 9 heteroatoms. The van der Waals surface area contributed by atoms with Gasteiger partial charge in [-0.05, 0) is 37.5 Å². The van der Waals surface area contributed by atoms with E-state index in [2.05, 4.69) is 21.4 Å². The number of nitrogens with one attached hydrogen (secondary N) is 1. The number of rotatable bonds is 5. The van der Waals surface area contributed by atoms with Crippen LogP contribution in [0.3, 0.4) is 0 Å². The predicted octanol–water partition coefficient (Wildman–Crippen LogP) is 2.74. The van der Waals surface area contributed by atoms with E-state index in [4.69, 9.17) is 10.5 Å². The van der Waals surface area contributed by atoms with Gasteiger partial charge in [-0.1, -0.05) is 0 Å². The van der Waals surface area contributed by atoms with E-state index >= 15 is 0 Å². The van der Waals surface area contributed by atoms with Crippen molar-refractivity contribution in [2.45, 2.75) is 31.4 Å². The van der Waals surface area contributed by atoms with E-state index < -0.39 is 6.17 Å². The predicted molar refractivity (Wildman–Crippen MR) is 105 cm³/mol. The fourth-order valence-electron chi connectivity index (χ4n) is 3.45. The van der Waals surface area contributed by atoms with Gasteiger partial charge in [0, 0.05) is 18.0 Å². The molecule has 2 aliphatic rings. The highest BCUT2D eigenvalue weighted by Gasteiger charge is 2.30. The number of nitrogens with zero attached hydrogens (tertiary/aromatic N) is 4. The Bertz CT molecular complexity index is 1000. The average molecular weight is 396 g/mol. The van der Waals surface area contributed by atoms with Gasteiger partial charge in [-0.15, -0.1) is 0 Å². The lowest BCUT2D eigenvalue weighted by Gasteiger charge is -2.17. The smallest absolute Gasteiger partial charge is 0.254 e. The summed E-state index contributed by atoms with van der Waals surface area (Å²) < 4.78 is 18.8. The maximum absolute atomic E-state index is 13.4. The highest BCUT2D eigenvalue weighted by atomic mass is 19.1. The Morgan fingerprint density at radius 2 is 2.17 bits per heavy atom. The molecule has 8 nitrogen and oxygen atoms in total. The van der Waals surface area contributed by atoms with Crippen molar-refractivity contribution in [3.05, 3.63) is 35.0 Å². The minimum absolute atomic E-state index is 0.115. The molecule has 0 bridgehead atoms. The number of halogens is 1. The third kappa shape index (κ3) is 3.78. The summed E-state index contributed by atoms with van der Waals surface area (Å²) in [6.07, 6.45) is 1.34. The zero-order chi connectivity index (χ0) is 20.5. The number of likely N-dealkylation sites (tertiary alicyclic amines) is 1. The van der Waals surface area contributed by atoms with Gasteiger partial charge < -0.3 is 20.7 Å². The summed E-state index contributed by atoms with van der Waals surface area (Å²) in [4.78, 5) is 22.7. The Balaban J connectivity index is 1.59. The Kier molecular flexibility index (Phi) is 4.92. The van der Waals surface area contributed by atoms with Crippen molar-refractivity contribution in [1.82, 2.24) is 14.9 Å². The van der Waals surface area contributed by atoms with Crippen LogP contribution in [0.4, 0.5) is 21.8 Å². The van der Waals surface area contributed by atoms with E-state index in [9.17, 15) is 14.4 Å². The Labute approximate surface area is 167 Å². The monoisotopic (exact) mass is 396 g/mol. The first-order valence-corrected chi connectivity index (χ1v) is 9.46. The van der Waals surface area contributed by atoms with Gasteiger partial charge >= 0.3 is 0 Å². The molecule has 1 amide bonds. The second-order valence-corrected chi connectivity index (χ2v) is 7.26. The molecule has 1 aromatic heterocycles. The molecule has 2 heterocycles. The summed E-state index contributed by atoms with van der Waals surface area (Å²) in [7, 11) is 1.49. The maximum Gasteiger partial charge on any atom is 0.254 e. The number of nitriles is 1. The zero-order valence-corrected chi connectivity index (χ0v) is 16.0. The van der Waals surface area contributed by atoms with Crippen LogP contribution in [0.15, 0.2) is 18.2 Å². The quantitative estimate of drug-likeness (QED) is 0.798. The minimum Gasteiger partial charge on any atom is -0.495 e. The first-order valence-electron chi connectivity index (χ1n) is 9.46. The summed E-state index contributed by atoms with van der Waals surface area (Å²) in [6, 6.07) is 7.01. The normalized spacial score (nSPS) is 18.4. The van der Waals surface area contributed by atoms with Gasteiger partial charge in [0.1, 0.15) is 29.4 Å². The Morgan fingerprint density at radius 3 is 2.79 bits per heavy atom. The Hall–Kier alpha value is -3.41. The highest BCUT2D eigenvalue weighted by Crippen LogP contribution is 2.42. The van der Waals surface area contributed by atoms with Gasteiger partial charge in [0.2, 0.25) is 5.95 Å². The lowest BCUT2D eigenvalue weighted by atomic mass is 10.1. The van der Waals surface area contributed by atoms with Crippen LogP contribution in [0.25, 0.3) is 0 Å². The van der Waals surface area contributed by atoms with Gasteiger partial charge in [0.05, 0.1) is 25.0 Å². The van der Waals surface area contributed by atoms with Crippen LogP contribution in [-0.4, -0.2) is 47.1 Å². The number of hydrogen-bond donors (Lipinski definition) is 2. The molecule has 2 fully saturated rings. The van der Waals surface area contributed by atoms with Crippen molar-refractivity contribution >= 4 is 23.4 Å². The fraction of sp³-hybridized carbons (Fsp3) is 0.400. The van der Waals surface area contributed by atoms with E-state index in [-0.39, 0.29) is 30.1 Å². The van der Waals surface area contributed by atoms with E-state index in [0.717, 1.165) is 12.8 Å². The van der Waals surface area contributed by atoms with Gasteiger partial charge in [-0.3, -0.25) is 4.79 Å². The minimum atomic E-state index is -0.971. The second-order valence-electron chi connectivity index (χ2n) is 7.26. The van der Waals surface area contributed by atoms with Crippen molar-refractivity contribution in [3.63, 3.8) is 0 Å². The molecule has 1 aliphatic carbocycles. The average Bonchev–Trinajstić information content (AvgIpc) is 3.47. The third-order valence-electron chi connectivity index (χ3n) is 5.15. The Morgan fingerprint density at radius 1 is 1.38 bits per heavy atom. The van der Waals surface area contributed by atoms with E-state index in [1.165, 1.54) is 12.0 Å². The molecule has 0 spiro atoms. The number of benzene rings is 1. The van der Waals surface area contributed by atoms with Crippen molar-refractivity contribution < 1.29 is 13.9 Å². The number of amides is 1. The largest absolute Gasteiger partial charge is 0.495 e. The molecule has 2 aromatic rings. The first kappa shape index (κ1) is 18.9. The first-order chi connectivity index (χ1) is 14.0. The summed E-state index contributed by atoms with van der Waals surface area (Å²) in [5.74, 6) is 0.821. The molecule has 0 unspecified atom stereocenters. The van der Waals surface area contributed by atoms with Crippen LogP contribution < -0.4 is 15.8 Å². The molecule has 1 saturated heterocycles.